The fourth-order valence-electron chi connectivity index (χ4n) is 3.57. The van der Waals surface area contributed by atoms with Gasteiger partial charge in [-0.3, -0.25) is 4.79 Å². The van der Waals surface area contributed by atoms with Gasteiger partial charge in [-0.05, 0) is 30.3 Å². The summed E-state index contributed by atoms with van der Waals surface area (Å²) in [7, 11) is 4.80. The van der Waals surface area contributed by atoms with Gasteiger partial charge in [0.25, 0.3) is 5.91 Å². The summed E-state index contributed by atoms with van der Waals surface area (Å²) >= 11 is 0. The van der Waals surface area contributed by atoms with Gasteiger partial charge in [0, 0.05) is 29.8 Å². The standard InChI is InChI=1S/C26H27N5O4/c1-33-21-12-8-11-18(15-21)24(32)31-26(28-17-20-10-5-7-14-23(20)35-3)29-25(30-31)27-16-19-9-4-6-13-22(19)34-2/h4-15H,16-17H2,1-3H3,(H2,27,28,29,30). The average Bonchev–Trinajstić information content (AvgIpc) is 3.33. The Hall–Kier alpha value is -4.53. The highest BCUT2D eigenvalue weighted by Crippen LogP contribution is 2.22. The van der Waals surface area contributed by atoms with Gasteiger partial charge in [-0.2, -0.15) is 9.67 Å². The number of methoxy groups -OCH3 is 3. The Labute approximate surface area is 203 Å². The summed E-state index contributed by atoms with van der Waals surface area (Å²) in [5.74, 6) is 2.32. The number of hydrogen-bond acceptors (Lipinski definition) is 8. The maximum absolute atomic E-state index is 13.4. The summed E-state index contributed by atoms with van der Waals surface area (Å²) in [4.78, 5) is 17.9. The monoisotopic (exact) mass is 473 g/mol. The van der Waals surface area contributed by atoms with Crippen molar-refractivity contribution in [1.82, 2.24) is 14.8 Å². The van der Waals surface area contributed by atoms with Crippen molar-refractivity contribution in [3.63, 3.8) is 0 Å². The molecule has 9 nitrogen and oxygen atoms in total. The van der Waals surface area contributed by atoms with Crippen LogP contribution in [0.15, 0.2) is 72.8 Å². The zero-order valence-corrected chi connectivity index (χ0v) is 19.8. The molecule has 9 heteroatoms. The van der Waals surface area contributed by atoms with E-state index >= 15 is 0 Å². The molecule has 0 saturated carbocycles. The Morgan fingerprint density at radius 1 is 0.800 bits per heavy atom. The maximum Gasteiger partial charge on any atom is 0.281 e. The molecule has 0 aliphatic carbocycles. The number of carbonyl (C=O) groups excluding carboxylic acids is 1. The number of benzene rings is 3. The lowest BCUT2D eigenvalue weighted by atomic mass is 10.2. The van der Waals surface area contributed by atoms with E-state index in [2.05, 4.69) is 20.7 Å². The highest BCUT2D eigenvalue weighted by atomic mass is 16.5. The number of nitrogens with zero attached hydrogens (tertiary/aromatic N) is 3. The molecule has 0 saturated heterocycles. The van der Waals surface area contributed by atoms with Crippen molar-refractivity contribution in [3.8, 4) is 17.2 Å². The number of hydrogen-bond donors (Lipinski definition) is 2. The molecule has 0 fully saturated rings. The van der Waals surface area contributed by atoms with Gasteiger partial charge in [-0.25, -0.2) is 0 Å². The van der Waals surface area contributed by atoms with E-state index in [9.17, 15) is 4.79 Å². The summed E-state index contributed by atoms with van der Waals surface area (Å²) < 4.78 is 17.4. The summed E-state index contributed by atoms with van der Waals surface area (Å²) in [6.45, 7) is 0.813. The largest absolute Gasteiger partial charge is 0.497 e. The smallest absolute Gasteiger partial charge is 0.281 e. The Morgan fingerprint density at radius 3 is 2.06 bits per heavy atom. The molecule has 3 aromatic carbocycles. The van der Waals surface area contributed by atoms with Gasteiger partial charge in [0.2, 0.25) is 11.9 Å². The Morgan fingerprint density at radius 2 is 1.43 bits per heavy atom. The maximum atomic E-state index is 13.4. The molecule has 0 aliphatic heterocycles. The topological polar surface area (TPSA) is 99.5 Å². The first kappa shape index (κ1) is 23.6. The molecule has 180 valence electrons. The average molecular weight is 474 g/mol. The van der Waals surface area contributed by atoms with E-state index in [0.717, 1.165) is 22.6 Å². The summed E-state index contributed by atoms with van der Waals surface area (Å²) in [5.41, 5.74) is 2.28. The van der Waals surface area contributed by atoms with Gasteiger partial charge in [0.1, 0.15) is 17.2 Å². The molecule has 1 aromatic heterocycles. The van der Waals surface area contributed by atoms with E-state index in [1.165, 1.54) is 4.68 Å². The van der Waals surface area contributed by atoms with Gasteiger partial charge < -0.3 is 24.8 Å². The Bertz CT molecular complexity index is 1300. The van der Waals surface area contributed by atoms with Gasteiger partial charge in [0.15, 0.2) is 0 Å². The van der Waals surface area contributed by atoms with Crippen molar-refractivity contribution in [1.29, 1.82) is 0 Å². The van der Waals surface area contributed by atoms with Crippen molar-refractivity contribution in [2.24, 2.45) is 0 Å². The molecule has 0 bridgehead atoms. The molecule has 0 unspecified atom stereocenters. The molecule has 0 aliphatic rings. The third-order valence-corrected chi connectivity index (χ3v) is 5.38. The molecule has 4 rings (SSSR count). The van der Waals surface area contributed by atoms with E-state index in [0.29, 0.717) is 36.3 Å². The van der Waals surface area contributed by atoms with E-state index in [1.807, 2.05) is 48.5 Å². The zero-order valence-electron chi connectivity index (χ0n) is 19.8. The molecule has 0 radical (unpaired) electrons. The van der Waals surface area contributed by atoms with E-state index < -0.39 is 0 Å². The first-order valence-corrected chi connectivity index (χ1v) is 11.0. The van der Waals surface area contributed by atoms with E-state index in [4.69, 9.17) is 14.2 Å². The molecule has 0 atom stereocenters. The van der Waals surface area contributed by atoms with E-state index in [1.54, 1.807) is 45.6 Å². The van der Waals surface area contributed by atoms with Gasteiger partial charge >= 0.3 is 0 Å². The highest BCUT2D eigenvalue weighted by Gasteiger charge is 2.19. The Kier molecular flexibility index (Phi) is 7.47. The second-order valence-electron chi connectivity index (χ2n) is 7.54. The predicted molar refractivity (Wildman–Crippen MR) is 133 cm³/mol. The minimum atomic E-state index is -0.343. The number of para-hydroxylation sites is 2. The summed E-state index contributed by atoms with van der Waals surface area (Å²) in [5, 5.41) is 10.8. The van der Waals surface area contributed by atoms with Crippen molar-refractivity contribution >= 4 is 17.8 Å². The third kappa shape index (κ3) is 5.52. The lowest BCUT2D eigenvalue weighted by Gasteiger charge is -2.10. The van der Waals surface area contributed by atoms with E-state index in [-0.39, 0.29) is 5.91 Å². The van der Waals surface area contributed by atoms with Crippen LogP contribution in [-0.2, 0) is 13.1 Å². The third-order valence-electron chi connectivity index (χ3n) is 5.38. The molecule has 35 heavy (non-hydrogen) atoms. The van der Waals surface area contributed by atoms with Crippen LogP contribution >= 0.6 is 0 Å². The van der Waals surface area contributed by atoms with Crippen molar-refractivity contribution in [2.45, 2.75) is 13.1 Å². The first-order chi connectivity index (χ1) is 17.1. The number of nitrogens with one attached hydrogen (secondary N) is 2. The second-order valence-corrected chi connectivity index (χ2v) is 7.54. The predicted octanol–water partition coefficient (Wildman–Crippen LogP) is 4.22. The summed E-state index contributed by atoms with van der Waals surface area (Å²) in [6, 6.07) is 22.2. The molecule has 0 spiro atoms. The minimum absolute atomic E-state index is 0.297. The molecule has 4 aromatic rings. The second kappa shape index (κ2) is 11.1. The van der Waals surface area contributed by atoms with Crippen LogP contribution in [-0.4, -0.2) is 42.0 Å². The van der Waals surface area contributed by atoms with Gasteiger partial charge in [-0.1, -0.05) is 42.5 Å². The SMILES string of the molecule is COc1cccc(C(=O)n2nc(NCc3ccccc3OC)nc2NCc2ccccc2OC)c1. The highest BCUT2D eigenvalue weighted by molar-refractivity contribution is 5.97. The first-order valence-electron chi connectivity index (χ1n) is 11.0. The van der Waals surface area contributed by atoms with Gasteiger partial charge in [-0.15, -0.1) is 5.10 Å². The van der Waals surface area contributed by atoms with Gasteiger partial charge in [0.05, 0.1) is 21.3 Å². The zero-order chi connectivity index (χ0) is 24.6. The number of aromatic nitrogens is 3. The normalized spacial score (nSPS) is 10.5. The van der Waals surface area contributed by atoms with Crippen LogP contribution < -0.4 is 24.8 Å². The molecular weight excluding hydrogens is 446 g/mol. The molecule has 0 amide bonds. The van der Waals surface area contributed by atoms with Crippen LogP contribution in [0.5, 0.6) is 17.2 Å². The fraction of sp³-hybridized carbons (Fsp3) is 0.192. The number of ether oxygens (including phenoxy) is 3. The molecule has 2 N–H and O–H groups in total. The van der Waals surface area contributed by atoms with Crippen LogP contribution in [0.25, 0.3) is 0 Å². The fourth-order valence-corrected chi connectivity index (χ4v) is 3.57. The van der Waals surface area contributed by atoms with Crippen LogP contribution in [0.1, 0.15) is 21.5 Å². The number of anilines is 2. The lowest BCUT2D eigenvalue weighted by molar-refractivity contribution is 0.0947. The minimum Gasteiger partial charge on any atom is -0.497 e. The Balaban J connectivity index is 1.61. The molecule has 1 heterocycles. The molecular formula is C26H27N5O4. The van der Waals surface area contributed by atoms with Crippen molar-refractivity contribution < 1.29 is 19.0 Å². The van der Waals surface area contributed by atoms with Crippen LogP contribution in [0.3, 0.4) is 0 Å². The number of rotatable bonds is 10. The van der Waals surface area contributed by atoms with Crippen LogP contribution in [0.2, 0.25) is 0 Å². The number of carbonyl (C=O) groups is 1. The van der Waals surface area contributed by atoms with Crippen molar-refractivity contribution in [2.75, 3.05) is 32.0 Å². The summed E-state index contributed by atoms with van der Waals surface area (Å²) in [6.07, 6.45) is 0. The lowest BCUT2D eigenvalue weighted by Crippen LogP contribution is -2.18. The van der Waals surface area contributed by atoms with Crippen LogP contribution in [0.4, 0.5) is 11.9 Å². The van der Waals surface area contributed by atoms with Crippen LogP contribution in [0, 0.1) is 0 Å². The quantitative estimate of drug-likeness (QED) is 0.353. The van der Waals surface area contributed by atoms with Crippen molar-refractivity contribution in [3.05, 3.63) is 89.5 Å².